The first-order chi connectivity index (χ1) is 9.24. The van der Waals surface area contributed by atoms with Crippen LogP contribution in [0.3, 0.4) is 0 Å². The number of amides is 1. The third kappa shape index (κ3) is 5.33. The Bertz CT molecular complexity index is 399. The molecule has 1 amide bonds. The van der Waals surface area contributed by atoms with E-state index in [1.54, 1.807) is 0 Å². The Hall–Kier alpha value is -0.870. The van der Waals surface area contributed by atoms with Crippen molar-refractivity contribution in [2.45, 2.75) is 25.7 Å². The van der Waals surface area contributed by atoms with E-state index in [1.165, 1.54) is 12.0 Å². The lowest BCUT2D eigenvalue weighted by atomic mass is 10.1. The number of rotatable bonds is 6. The number of aryl methyl sites for hydroxylation is 1. The lowest BCUT2D eigenvalue weighted by Crippen LogP contribution is -2.26. The van der Waals surface area contributed by atoms with Gasteiger partial charge in [0.15, 0.2) is 0 Å². The minimum Gasteiger partial charge on any atom is -0.356 e. The molecule has 4 heteroatoms. The van der Waals surface area contributed by atoms with Crippen molar-refractivity contribution in [2.24, 2.45) is 5.92 Å². The van der Waals surface area contributed by atoms with E-state index in [-0.39, 0.29) is 5.91 Å². The molecule has 1 saturated heterocycles. The SMILES string of the molecule is O=C(CCc1ccc(Br)cc1)NCCC1CCNC1. The summed E-state index contributed by atoms with van der Waals surface area (Å²) < 4.78 is 1.07. The third-order valence-electron chi connectivity index (χ3n) is 3.59. The minimum atomic E-state index is 0.161. The molecular formula is C15H21BrN2O. The van der Waals surface area contributed by atoms with Crippen molar-refractivity contribution in [1.82, 2.24) is 10.6 Å². The molecule has 1 heterocycles. The van der Waals surface area contributed by atoms with Gasteiger partial charge in [0.2, 0.25) is 5.91 Å². The van der Waals surface area contributed by atoms with Gasteiger partial charge in [-0.15, -0.1) is 0 Å². The molecule has 0 saturated carbocycles. The van der Waals surface area contributed by atoms with Crippen molar-refractivity contribution in [3.05, 3.63) is 34.3 Å². The molecule has 1 aliphatic heterocycles. The molecule has 1 atom stereocenters. The summed E-state index contributed by atoms with van der Waals surface area (Å²) in [7, 11) is 0. The summed E-state index contributed by atoms with van der Waals surface area (Å²) in [4.78, 5) is 11.7. The second-order valence-electron chi connectivity index (χ2n) is 5.12. The summed E-state index contributed by atoms with van der Waals surface area (Å²) in [5.41, 5.74) is 1.21. The summed E-state index contributed by atoms with van der Waals surface area (Å²) in [6.07, 6.45) is 3.72. The standard InChI is InChI=1S/C15H21BrN2O/c16-14-4-1-12(2-5-14)3-6-15(19)18-10-8-13-7-9-17-11-13/h1-2,4-5,13,17H,3,6-11H2,(H,18,19). The number of benzene rings is 1. The number of hydrogen-bond donors (Lipinski definition) is 2. The van der Waals surface area contributed by atoms with Crippen molar-refractivity contribution in [2.75, 3.05) is 19.6 Å². The molecule has 3 nitrogen and oxygen atoms in total. The zero-order chi connectivity index (χ0) is 13.5. The molecule has 0 radical (unpaired) electrons. The minimum absolute atomic E-state index is 0.161. The topological polar surface area (TPSA) is 41.1 Å². The second kappa shape index (κ2) is 7.65. The maximum Gasteiger partial charge on any atom is 0.220 e. The van der Waals surface area contributed by atoms with Gasteiger partial charge in [-0.05, 0) is 56.0 Å². The fourth-order valence-corrected chi connectivity index (χ4v) is 2.64. The monoisotopic (exact) mass is 324 g/mol. The highest BCUT2D eigenvalue weighted by Crippen LogP contribution is 2.12. The average Bonchev–Trinajstić information content (AvgIpc) is 2.91. The fourth-order valence-electron chi connectivity index (χ4n) is 2.37. The molecule has 0 bridgehead atoms. The van der Waals surface area contributed by atoms with Crippen LogP contribution in [0.25, 0.3) is 0 Å². The summed E-state index contributed by atoms with van der Waals surface area (Å²) in [6, 6.07) is 8.14. The number of carbonyl (C=O) groups is 1. The number of halogens is 1. The first-order valence-corrected chi connectivity index (χ1v) is 7.75. The summed E-state index contributed by atoms with van der Waals surface area (Å²) in [6.45, 7) is 3.04. The lowest BCUT2D eigenvalue weighted by molar-refractivity contribution is -0.121. The molecule has 1 unspecified atom stereocenters. The quantitative estimate of drug-likeness (QED) is 0.844. The Balaban J connectivity index is 1.60. The largest absolute Gasteiger partial charge is 0.356 e. The molecule has 0 spiro atoms. The van der Waals surface area contributed by atoms with Gasteiger partial charge in [0, 0.05) is 17.4 Å². The van der Waals surface area contributed by atoms with Crippen LogP contribution >= 0.6 is 15.9 Å². The van der Waals surface area contributed by atoms with E-state index in [2.05, 4.69) is 38.7 Å². The van der Waals surface area contributed by atoms with Gasteiger partial charge in [-0.1, -0.05) is 28.1 Å². The van der Waals surface area contributed by atoms with E-state index in [9.17, 15) is 4.79 Å². The lowest BCUT2D eigenvalue weighted by Gasteiger charge is -2.09. The van der Waals surface area contributed by atoms with Gasteiger partial charge in [-0.3, -0.25) is 4.79 Å². The van der Waals surface area contributed by atoms with E-state index >= 15 is 0 Å². The number of hydrogen-bond acceptors (Lipinski definition) is 2. The van der Waals surface area contributed by atoms with Gasteiger partial charge < -0.3 is 10.6 Å². The predicted octanol–water partition coefficient (Wildman–Crippen LogP) is 2.50. The van der Waals surface area contributed by atoms with Crippen LogP contribution in [0.1, 0.15) is 24.8 Å². The van der Waals surface area contributed by atoms with Crippen molar-refractivity contribution < 1.29 is 4.79 Å². The molecule has 0 aromatic heterocycles. The van der Waals surface area contributed by atoms with Crippen LogP contribution in [0.2, 0.25) is 0 Å². The van der Waals surface area contributed by atoms with Gasteiger partial charge >= 0.3 is 0 Å². The molecule has 104 valence electrons. The molecule has 2 N–H and O–H groups in total. The zero-order valence-corrected chi connectivity index (χ0v) is 12.7. The highest BCUT2D eigenvalue weighted by molar-refractivity contribution is 9.10. The molecular weight excluding hydrogens is 304 g/mol. The average molecular weight is 325 g/mol. The Morgan fingerprint density at radius 2 is 2.16 bits per heavy atom. The molecule has 1 aromatic carbocycles. The van der Waals surface area contributed by atoms with E-state index < -0.39 is 0 Å². The van der Waals surface area contributed by atoms with Crippen LogP contribution in [0.15, 0.2) is 28.7 Å². The Morgan fingerprint density at radius 1 is 1.37 bits per heavy atom. The first kappa shape index (κ1) is 14.5. The summed E-state index contributed by atoms with van der Waals surface area (Å²) >= 11 is 3.41. The van der Waals surface area contributed by atoms with Crippen molar-refractivity contribution in [3.63, 3.8) is 0 Å². The van der Waals surface area contributed by atoms with Crippen LogP contribution in [0.4, 0.5) is 0 Å². The zero-order valence-electron chi connectivity index (χ0n) is 11.1. The maximum atomic E-state index is 11.7. The highest BCUT2D eigenvalue weighted by atomic mass is 79.9. The molecule has 19 heavy (non-hydrogen) atoms. The van der Waals surface area contributed by atoms with Crippen LogP contribution in [0, 0.1) is 5.92 Å². The molecule has 1 fully saturated rings. The van der Waals surface area contributed by atoms with E-state index in [1.807, 2.05) is 12.1 Å². The van der Waals surface area contributed by atoms with Crippen molar-refractivity contribution >= 4 is 21.8 Å². The van der Waals surface area contributed by atoms with E-state index in [4.69, 9.17) is 0 Å². The van der Waals surface area contributed by atoms with Crippen LogP contribution < -0.4 is 10.6 Å². The molecule has 0 aliphatic carbocycles. The van der Waals surface area contributed by atoms with Crippen LogP contribution in [-0.4, -0.2) is 25.5 Å². The number of carbonyl (C=O) groups excluding carboxylic acids is 1. The maximum absolute atomic E-state index is 11.7. The number of nitrogens with one attached hydrogen (secondary N) is 2. The Kier molecular flexibility index (Phi) is 5.86. The van der Waals surface area contributed by atoms with Gasteiger partial charge in [-0.25, -0.2) is 0 Å². The van der Waals surface area contributed by atoms with Gasteiger partial charge in [0.1, 0.15) is 0 Å². The normalized spacial score (nSPS) is 18.5. The third-order valence-corrected chi connectivity index (χ3v) is 4.12. The van der Waals surface area contributed by atoms with Crippen LogP contribution in [-0.2, 0) is 11.2 Å². The fraction of sp³-hybridized carbons (Fsp3) is 0.533. The Labute approximate surface area is 123 Å². The second-order valence-corrected chi connectivity index (χ2v) is 6.04. The van der Waals surface area contributed by atoms with Gasteiger partial charge in [-0.2, -0.15) is 0 Å². The molecule has 1 aromatic rings. The smallest absolute Gasteiger partial charge is 0.220 e. The van der Waals surface area contributed by atoms with E-state index in [0.29, 0.717) is 6.42 Å². The van der Waals surface area contributed by atoms with E-state index in [0.717, 1.165) is 42.9 Å². The molecule has 1 aliphatic rings. The van der Waals surface area contributed by atoms with Crippen molar-refractivity contribution in [1.29, 1.82) is 0 Å². The van der Waals surface area contributed by atoms with Gasteiger partial charge in [0.05, 0.1) is 0 Å². The summed E-state index contributed by atoms with van der Waals surface area (Å²) in [5, 5.41) is 6.36. The van der Waals surface area contributed by atoms with Crippen molar-refractivity contribution in [3.8, 4) is 0 Å². The first-order valence-electron chi connectivity index (χ1n) is 6.96. The van der Waals surface area contributed by atoms with Gasteiger partial charge in [0.25, 0.3) is 0 Å². The highest BCUT2D eigenvalue weighted by Gasteiger charge is 2.13. The van der Waals surface area contributed by atoms with Crippen LogP contribution in [0.5, 0.6) is 0 Å². The summed E-state index contributed by atoms with van der Waals surface area (Å²) in [5.74, 6) is 0.903. The predicted molar refractivity (Wildman–Crippen MR) is 81.1 cm³/mol. The molecule has 2 rings (SSSR count). The Morgan fingerprint density at radius 3 is 2.84 bits per heavy atom.